The van der Waals surface area contributed by atoms with E-state index < -0.39 is 5.82 Å². The third-order valence-electron chi connectivity index (χ3n) is 6.94. The number of ketones is 1. The molecular weight excluding hydrogens is 399 g/mol. The summed E-state index contributed by atoms with van der Waals surface area (Å²) >= 11 is 0. The molecule has 1 N–H and O–H groups in total. The molecule has 3 heterocycles. The zero-order chi connectivity index (χ0) is 22.3. The van der Waals surface area contributed by atoms with Crippen LogP contribution in [0.25, 0.3) is 11.0 Å². The zero-order valence-electron chi connectivity index (χ0n) is 18.5. The minimum atomic E-state index is -0.611. The van der Waals surface area contributed by atoms with Crippen LogP contribution in [0, 0.1) is 11.2 Å². The maximum absolute atomic E-state index is 14.4. The van der Waals surface area contributed by atoms with Crippen molar-refractivity contribution in [3.63, 3.8) is 0 Å². The molecule has 0 bridgehead atoms. The molecule has 2 aliphatic heterocycles. The van der Waals surface area contributed by atoms with E-state index >= 15 is 0 Å². The first kappa shape index (κ1) is 21.7. The smallest absolute Gasteiger partial charge is 0.326 e. The fourth-order valence-electron chi connectivity index (χ4n) is 4.77. The molecule has 1 amide bonds. The summed E-state index contributed by atoms with van der Waals surface area (Å²) in [5, 5.41) is 0. The van der Waals surface area contributed by atoms with Gasteiger partial charge in [0, 0.05) is 38.3 Å². The van der Waals surface area contributed by atoms with E-state index in [1.165, 1.54) is 19.1 Å². The molecule has 4 rings (SSSR count). The third-order valence-corrected chi connectivity index (χ3v) is 6.94. The Balaban J connectivity index is 1.41. The lowest BCUT2D eigenvalue weighted by Crippen LogP contribution is -2.47. The van der Waals surface area contributed by atoms with Crippen molar-refractivity contribution in [2.24, 2.45) is 5.41 Å². The summed E-state index contributed by atoms with van der Waals surface area (Å²) in [7, 11) is 0. The van der Waals surface area contributed by atoms with E-state index in [1.807, 2.05) is 4.90 Å². The number of Topliss-reactive ketones (excluding diaryl/α,β-unsaturated/α-hetero) is 1. The number of nitrogens with zero attached hydrogens (tertiary/aromatic N) is 3. The van der Waals surface area contributed by atoms with Crippen LogP contribution in [-0.4, -0.2) is 63.8 Å². The lowest BCUT2D eigenvalue weighted by atomic mass is 9.82. The normalized spacial score (nSPS) is 20.3. The van der Waals surface area contributed by atoms with Crippen LogP contribution in [-0.2, 0) is 4.79 Å². The molecule has 2 fully saturated rings. The van der Waals surface area contributed by atoms with E-state index in [0.29, 0.717) is 48.9 Å². The van der Waals surface area contributed by atoms with Crippen molar-refractivity contribution >= 4 is 22.7 Å². The van der Waals surface area contributed by atoms with Crippen molar-refractivity contribution in [1.29, 1.82) is 0 Å². The van der Waals surface area contributed by atoms with E-state index in [0.717, 1.165) is 25.9 Å². The first-order chi connectivity index (χ1) is 14.6. The van der Waals surface area contributed by atoms with E-state index in [2.05, 4.69) is 23.7 Å². The molecule has 2 aliphatic rings. The molecule has 2 saturated heterocycles. The van der Waals surface area contributed by atoms with Crippen LogP contribution >= 0.6 is 0 Å². The Labute approximate surface area is 181 Å². The Kier molecular flexibility index (Phi) is 5.77. The van der Waals surface area contributed by atoms with Gasteiger partial charge in [-0.25, -0.2) is 9.18 Å². The van der Waals surface area contributed by atoms with Crippen LogP contribution in [0.4, 0.5) is 4.39 Å². The molecule has 31 heavy (non-hydrogen) atoms. The van der Waals surface area contributed by atoms with Crippen LogP contribution < -0.4 is 5.69 Å². The van der Waals surface area contributed by atoms with Gasteiger partial charge in [0.05, 0.1) is 23.1 Å². The van der Waals surface area contributed by atoms with Gasteiger partial charge in [0.25, 0.3) is 0 Å². The molecular formula is C23H31FN4O3. The van der Waals surface area contributed by atoms with Gasteiger partial charge in [-0.1, -0.05) is 13.8 Å². The highest BCUT2D eigenvalue weighted by molar-refractivity contribution is 5.97. The highest BCUT2D eigenvalue weighted by atomic mass is 19.1. The number of fused-ring (bicyclic) bond motifs is 1. The Morgan fingerprint density at radius 2 is 1.77 bits per heavy atom. The molecule has 0 unspecified atom stereocenters. The van der Waals surface area contributed by atoms with Gasteiger partial charge in [-0.3, -0.25) is 19.1 Å². The third kappa shape index (κ3) is 4.44. The van der Waals surface area contributed by atoms with Crippen molar-refractivity contribution in [3.05, 3.63) is 34.0 Å². The molecule has 0 saturated carbocycles. The second kappa shape index (κ2) is 8.22. The average molecular weight is 431 g/mol. The second-order valence-electron chi connectivity index (χ2n) is 9.76. The topological polar surface area (TPSA) is 78.4 Å². The predicted molar refractivity (Wildman–Crippen MR) is 117 cm³/mol. The van der Waals surface area contributed by atoms with Gasteiger partial charge in [-0.2, -0.15) is 0 Å². The van der Waals surface area contributed by atoms with Crippen molar-refractivity contribution in [2.75, 3.05) is 32.7 Å². The molecule has 2 aromatic rings. The van der Waals surface area contributed by atoms with Gasteiger partial charge in [0.15, 0.2) is 5.78 Å². The summed E-state index contributed by atoms with van der Waals surface area (Å²) in [4.78, 5) is 43.7. The number of likely N-dealkylation sites (tertiary alicyclic amines) is 2. The minimum Gasteiger partial charge on any atom is -0.342 e. The van der Waals surface area contributed by atoms with Gasteiger partial charge < -0.3 is 9.88 Å². The van der Waals surface area contributed by atoms with Gasteiger partial charge in [0.2, 0.25) is 5.91 Å². The summed E-state index contributed by atoms with van der Waals surface area (Å²) in [5.41, 5.74) is 0.961. The van der Waals surface area contributed by atoms with Crippen LogP contribution in [0.2, 0.25) is 0 Å². The highest BCUT2D eigenvalue weighted by Crippen LogP contribution is 2.30. The maximum Gasteiger partial charge on any atom is 0.326 e. The van der Waals surface area contributed by atoms with Gasteiger partial charge >= 0.3 is 5.69 Å². The Bertz CT molecular complexity index is 1050. The highest BCUT2D eigenvalue weighted by Gasteiger charge is 2.30. The van der Waals surface area contributed by atoms with E-state index in [9.17, 15) is 18.8 Å². The molecule has 0 spiro atoms. The monoisotopic (exact) mass is 430 g/mol. The maximum atomic E-state index is 14.4. The number of aromatic amines is 1. The van der Waals surface area contributed by atoms with Gasteiger partial charge in [-0.15, -0.1) is 0 Å². The lowest BCUT2D eigenvalue weighted by molar-refractivity contribution is -0.134. The van der Waals surface area contributed by atoms with E-state index in [4.69, 9.17) is 0 Å². The molecule has 0 radical (unpaired) electrons. The van der Waals surface area contributed by atoms with Crippen LogP contribution in [0.15, 0.2) is 16.9 Å². The summed E-state index contributed by atoms with van der Waals surface area (Å²) in [6.07, 6.45) is 3.49. The zero-order valence-corrected chi connectivity index (χ0v) is 18.5. The molecule has 168 valence electrons. The summed E-state index contributed by atoms with van der Waals surface area (Å²) in [6, 6.07) is 2.63. The van der Waals surface area contributed by atoms with Crippen molar-refractivity contribution < 1.29 is 14.0 Å². The SMILES string of the molecule is CC(=O)c1cc2[nH]c(=O)n(C3CCN(CC(=O)N4CCC(C)(C)CC4)CC3)c2cc1F. The number of carbonyl (C=O) groups excluding carboxylic acids is 2. The van der Waals surface area contributed by atoms with Crippen LogP contribution in [0.5, 0.6) is 0 Å². The number of aromatic nitrogens is 2. The molecule has 8 heteroatoms. The number of halogens is 1. The Hall–Kier alpha value is -2.48. The van der Waals surface area contributed by atoms with E-state index in [1.54, 1.807) is 4.57 Å². The number of hydrogen-bond donors (Lipinski definition) is 1. The van der Waals surface area contributed by atoms with Gasteiger partial charge in [0.1, 0.15) is 5.82 Å². The Morgan fingerprint density at radius 1 is 1.13 bits per heavy atom. The number of carbonyl (C=O) groups is 2. The molecule has 0 aliphatic carbocycles. The van der Waals surface area contributed by atoms with Crippen molar-refractivity contribution in [1.82, 2.24) is 19.4 Å². The van der Waals surface area contributed by atoms with E-state index in [-0.39, 0.29) is 29.0 Å². The molecule has 1 aromatic carbocycles. The number of benzene rings is 1. The second-order valence-corrected chi connectivity index (χ2v) is 9.76. The standard InChI is InChI=1S/C23H31FN4O3/c1-15(29)17-12-19-20(13-18(17)24)28(22(31)25-19)16-4-8-26(9-5-16)14-21(30)27-10-6-23(2,3)7-11-27/h12-13,16H,4-11,14H2,1-3H3,(H,25,31). The first-order valence-electron chi connectivity index (χ1n) is 11.1. The number of hydrogen-bond acceptors (Lipinski definition) is 4. The van der Waals surface area contributed by atoms with Crippen molar-refractivity contribution in [3.8, 4) is 0 Å². The summed E-state index contributed by atoms with van der Waals surface area (Å²) < 4.78 is 16.0. The molecule has 1 aromatic heterocycles. The quantitative estimate of drug-likeness (QED) is 0.757. The molecule has 7 nitrogen and oxygen atoms in total. The van der Waals surface area contributed by atoms with Gasteiger partial charge in [-0.05, 0) is 44.1 Å². The minimum absolute atomic E-state index is 0.0182. The number of piperidine rings is 2. The number of amides is 1. The predicted octanol–water partition coefficient (Wildman–Crippen LogP) is 2.96. The fraction of sp³-hybridized carbons (Fsp3) is 0.609. The molecule has 0 atom stereocenters. The number of rotatable bonds is 4. The largest absolute Gasteiger partial charge is 0.342 e. The lowest BCUT2D eigenvalue weighted by Gasteiger charge is -2.38. The first-order valence-corrected chi connectivity index (χ1v) is 11.1. The summed E-state index contributed by atoms with van der Waals surface area (Å²) in [6.45, 7) is 9.28. The number of imidazole rings is 1. The number of nitrogens with one attached hydrogen (secondary N) is 1. The Morgan fingerprint density at radius 3 is 2.39 bits per heavy atom. The fourth-order valence-corrected chi connectivity index (χ4v) is 4.77. The van der Waals surface area contributed by atoms with Crippen molar-refractivity contribution in [2.45, 2.75) is 52.5 Å². The van der Waals surface area contributed by atoms with Crippen LogP contribution in [0.1, 0.15) is 62.9 Å². The van der Waals surface area contributed by atoms with Crippen LogP contribution in [0.3, 0.4) is 0 Å². The number of H-pyrrole nitrogens is 1. The average Bonchev–Trinajstić information content (AvgIpc) is 3.02. The summed E-state index contributed by atoms with van der Waals surface area (Å²) in [5.74, 6) is -0.805.